The molecule has 2 atom stereocenters. The lowest BCUT2D eigenvalue weighted by Gasteiger charge is -2.04. The fraction of sp³-hybridized carbons (Fsp3) is 0.643. The summed E-state index contributed by atoms with van der Waals surface area (Å²) in [5.41, 5.74) is 0. The Kier molecular flexibility index (Phi) is 9.15. The summed E-state index contributed by atoms with van der Waals surface area (Å²) in [4.78, 5) is 9.97. The minimum absolute atomic E-state index is 0.417. The Hall–Kier alpha value is -0.850. The van der Waals surface area contributed by atoms with E-state index >= 15 is 0 Å². The molecule has 0 aromatic heterocycles. The van der Waals surface area contributed by atoms with Crippen molar-refractivity contribution in [3.8, 4) is 0 Å². The van der Waals surface area contributed by atoms with Gasteiger partial charge in [-0.25, -0.2) is 0 Å². The van der Waals surface area contributed by atoms with Crippen LogP contribution in [0.5, 0.6) is 0 Å². The molecule has 0 fully saturated rings. The largest absolute Gasteiger partial charge is 0.291 e. The Labute approximate surface area is 94.3 Å². The minimum atomic E-state index is 0.417. The van der Waals surface area contributed by atoms with Crippen molar-refractivity contribution in [2.24, 2.45) is 11.8 Å². The van der Waals surface area contributed by atoms with Gasteiger partial charge in [0.05, 0.1) is 0 Å². The maximum Gasteiger partial charge on any atom is 0.202 e. The van der Waals surface area contributed by atoms with Crippen LogP contribution in [0.4, 0.5) is 0 Å². The van der Waals surface area contributed by atoms with Crippen molar-refractivity contribution in [2.45, 2.75) is 46.5 Å². The first-order chi connectivity index (χ1) is 7.20. The smallest absolute Gasteiger partial charge is 0.202 e. The van der Waals surface area contributed by atoms with Crippen molar-refractivity contribution in [3.63, 3.8) is 0 Å². The van der Waals surface area contributed by atoms with E-state index in [1.165, 1.54) is 12.8 Å². The third-order valence-electron chi connectivity index (χ3n) is 2.38. The summed E-state index contributed by atoms with van der Waals surface area (Å²) in [6.45, 7) is 6.63. The average Bonchev–Trinajstić information content (AvgIpc) is 2.18. The van der Waals surface area contributed by atoms with E-state index in [0.717, 1.165) is 6.42 Å². The maximum absolute atomic E-state index is 9.97. The van der Waals surface area contributed by atoms with E-state index < -0.39 is 0 Å². The Morgan fingerprint density at radius 1 is 1.13 bits per heavy atom. The van der Waals surface area contributed by atoms with E-state index in [0.29, 0.717) is 18.3 Å². The molecule has 0 aliphatic rings. The van der Waals surface area contributed by atoms with Crippen molar-refractivity contribution >= 4 is 6.29 Å². The van der Waals surface area contributed by atoms with Crippen LogP contribution in [0.3, 0.4) is 0 Å². The molecule has 0 rings (SSSR count). The predicted molar refractivity (Wildman–Crippen MR) is 66.4 cm³/mol. The van der Waals surface area contributed by atoms with E-state index in [1.807, 2.05) is 12.4 Å². The second kappa shape index (κ2) is 9.70. The second-order valence-electron chi connectivity index (χ2n) is 4.18. The van der Waals surface area contributed by atoms with Gasteiger partial charge in [-0.2, -0.15) is 0 Å². The molecule has 85 valence electrons. The molecular weight excluding hydrogens is 184 g/mol. The molecular formula is C14H23O. The zero-order chi connectivity index (χ0) is 11.5. The first-order valence-electron chi connectivity index (χ1n) is 5.89. The lowest BCUT2D eigenvalue weighted by molar-refractivity contribution is 0.556. The molecule has 0 N–H and O–H groups in total. The third-order valence-corrected chi connectivity index (χ3v) is 2.38. The van der Waals surface area contributed by atoms with Crippen molar-refractivity contribution in [2.75, 3.05) is 0 Å². The highest BCUT2D eigenvalue weighted by atomic mass is 16.1. The van der Waals surface area contributed by atoms with Gasteiger partial charge in [-0.3, -0.25) is 4.79 Å². The van der Waals surface area contributed by atoms with E-state index in [2.05, 4.69) is 39.0 Å². The fourth-order valence-electron chi connectivity index (χ4n) is 1.50. The number of allylic oxidation sites excluding steroid dienone is 4. The monoisotopic (exact) mass is 207 g/mol. The summed E-state index contributed by atoms with van der Waals surface area (Å²) in [6, 6.07) is 0. The molecule has 0 spiro atoms. The van der Waals surface area contributed by atoms with E-state index in [1.54, 1.807) is 0 Å². The van der Waals surface area contributed by atoms with Gasteiger partial charge in [-0.05, 0) is 24.7 Å². The molecule has 0 saturated heterocycles. The highest BCUT2D eigenvalue weighted by molar-refractivity contribution is 5.52. The number of hydrogen-bond acceptors (Lipinski definition) is 1. The van der Waals surface area contributed by atoms with Crippen molar-refractivity contribution in [1.29, 1.82) is 0 Å². The summed E-state index contributed by atoms with van der Waals surface area (Å²) >= 11 is 0. The average molecular weight is 207 g/mol. The normalized spacial score (nSPS) is 15.9. The molecule has 0 saturated carbocycles. The molecule has 0 aromatic rings. The number of carbonyl (C=O) groups excluding carboxylic acids is 1. The Bertz CT molecular complexity index is 203. The maximum atomic E-state index is 9.97. The van der Waals surface area contributed by atoms with E-state index in [4.69, 9.17) is 0 Å². The van der Waals surface area contributed by atoms with Crippen molar-refractivity contribution in [1.82, 2.24) is 0 Å². The van der Waals surface area contributed by atoms with Crippen LogP contribution in [-0.4, -0.2) is 6.29 Å². The number of rotatable bonds is 8. The van der Waals surface area contributed by atoms with Gasteiger partial charge in [0.15, 0.2) is 0 Å². The summed E-state index contributed by atoms with van der Waals surface area (Å²) in [5, 5.41) is 0. The van der Waals surface area contributed by atoms with Gasteiger partial charge in [0, 0.05) is 6.42 Å². The van der Waals surface area contributed by atoms with Crippen LogP contribution in [0.15, 0.2) is 24.3 Å². The number of hydrogen-bond donors (Lipinski definition) is 0. The Morgan fingerprint density at radius 3 is 2.40 bits per heavy atom. The topological polar surface area (TPSA) is 17.1 Å². The van der Waals surface area contributed by atoms with E-state index in [-0.39, 0.29) is 0 Å². The summed E-state index contributed by atoms with van der Waals surface area (Å²) in [5.74, 6) is 1.21. The van der Waals surface area contributed by atoms with Crippen LogP contribution in [0.25, 0.3) is 0 Å². The summed E-state index contributed by atoms with van der Waals surface area (Å²) in [7, 11) is 0. The molecule has 0 heterocycles. The molecule has 0 aliphatic heterocycles. The standard InChI is InChI=1S/C14H23O/c1-4-8-13(2)10-7-11-14(3)9-5-6-12-15/h5,7,9-10,13-14H,4,6,8,11H2,1-3H3. The molecule has 2 unspecified atom stereocenters. The molecule has 1 radical (unpaired) electrons. The minimum Gasteiger partial charge on any atom is -0.291 e. The Morgan fingerprint density at radius 2 is 1.80 bits per heavy atom. The van der Waals surface area contributed by atoms with Crippen LogP contribution >= 0.6 is 0 Å². The van der Waals surface area contributed by atoms with Gasteiger partial charge >= 0.3 is 0 Å². The first-order valence-corrected chi connectivity index (χ1v) is 5.89. The molecule has 1 heteroatoms. The van der Waals surface area contributed by atoms with Gasteiger partial charge in [0.1, 0.15) is 0 Å². The van der Waals surface area contributed by atoms with Gasteiger partial charge in [0.2, 0.25) is 6.29 Å². The zero-order valence-electron chi connectivity index (χ0n) is 10.2. The molecule has 1 nitrogen and oxygen atoms in total. The van der Waals surface area contributed by atoms with Crippen LogP contribution in [0.2, 0.25) is 0 Å². The predicted octanol–water partition coefficient (Wildman–Crippen LogP) is 4.06. The quantitative estimate of drug-likeness (QED) is 0.548. The van der Waals surface area contributed by atoms with Gasteiger partial charge < -0.3 is 0 Å². The molecule has 0 amide bonds. The van der Waals surface area contributed by atoms with Crippen LogP contribution < -0.4 is 0 Å². The zero-order valence-corrected chi connectivity index (χ0v) is 10.2. The third kappa shape index (κ3) is 9.45. The fourth-order valence-corrected chi connectivity index (χ4v) is 1.50. The van der Waals surface area contributed by atoms with Crippen molar-refractivity contribution in [3.05, 3.63) is 24.3 Å². The first kappa shape index (κ1) is 14.2. The van der Waals surface area contributed by atoms with Crippen LogP contribution in [0, 0.1) is 11.8 Å². The van der Waals surface area contributed by atoms with Crippen molar-refractivity contribution < 1.29 is 4.79 Å². The lowest BCUT2D eigenvalue weighted by atomic mass is 10.0. The molecule has 0 aliphatic carbocycles. The van der Waals surface area contributed by atoms with Crippen LogP contribution in [-0.2, 0) is 4.79 Å². The molecule has 0 bridgehead atoms. The summed E-state index contributed by atoms with van der Waals surface area (Å²) < 4.78 is 0. The lowest BCUT2D eigenvalue weighted by Crippen LogP contribution is -1.90. The molecule has 15 heavy (non-hydrogen) atoms. The summed E-state index contributed by atoms with van der Waals surface area (Å²) in [6.07, 6.45) is 14.4. The van der Waals surface area contributed by atoms with E-state index in [9.17, 15) is 4.79 Å². The second-order valence-corrected chi connectivity index (χ2v) is 4.18. The highest BCUT2D eigenvalue weighted by Crippen LogP contribution is 2.10. The molecule has 0 aromatic carbocycles. The van der Waals surface area contributed by atoms with Crippen LogP contribution in [0.1, 0.15) is 46.5 Å². The van der Waals surface area contributed by atoms with Gasteiger partial charge in [-0.15, -0.1) is 0 Å². The van der Waals surface area contributed by atoms with Gasteiger partial charge in [0.25, 0.3) is 0 Å². The Balaban J connectivity index is 3.68. The SMILES string of the molecule is CCCC(C)C=CCC(C)C=CC[C]=O. The van der Waals surface area contributed by atoms with Gasteiger partial charge in [-0.1, -0.05) is 51.5 Å². The highest BCUT2D eigenvalue weighted by Gasteiger charge is 1.95.